The molecule has 1 atom stereocenters. The van der Waals surface area contributed by atoms with Crippen molar-refractivity contribution in [1.29, 1.82) is 0 Å². The normalized spacial score (nSPS) is 18.7. The molecule has 3 nitrogen and oxygen atoms in total. The summed E-state index contributed by atoms with van der Waals surface area (Å²) < 4.78 is 5.05. The Morgan fingerprint density at radius 3 is 3.06 bits per heavy atom. The van der Waals surface area contributed by atoms with Crippen molar-refractivity contribution in [3.05, 3.63) is 47.1 Å². The van der Waals surface area contributed by atoms with Crippen molar-refractivity contribution in [1.82, 2.24) is 10.1 Å². The Morgan fingerprint density at radius 1 is 1.38 bits per heavy atom. The molecule has 2 aromatic rings. The molecule has 82 valence electrons. The minimum atomic E-state index is 0.275. The van der Waals surface area contributed by atoms with E-state index in [0.29, 0.717) is 5.89 Å². The first kappa shape index (κ1) is 9.85. The summed E-state index contributed by atoms with van der Waals surface area (Å²) in [5.74, 6) is 1.82. The van der Waals surface area contributed by atoms with Crippen LogP contribution in [0.1, 0.15) is 35.2 Å². The molecule has 1 aliphatic carbocycles. The van der Waals surface area contributed by atoms with E-state index in [2.05, 4.69) is 34.4 Å². The number of fused-ring (bicyclic) bond motifs is 1. The van der Waals surface area contributed by atoms with Crippen LogP contribution in [0, 0.1) is 0 Å². The molecular weight excluding hydrogens is 224 g/mol. The largest absolute Gasteiger partial charge is 0.338 e. The van der Waals surface area contributed by atoms with Gasteiger partial charge in [0.1, 0.15) is 5.88 Å². The highest BCUT2D eigenvalue weighted by atomic mass is 35.5. The molecule has 0 radical (unpaired) electrons. The lowest BCUT2D eigenvalue weighted by Crippen LogP contribution is -1.98. The molecule has 1 heterocycles. The van der Waals surface area contributed by atoms with Gasteiger partial charge in [-0.05, 0) is 24.0 Å². The van der Waals surface area contributed by atoms with Gasteiger partial charge < -0.3 is 4.52 Å². The molecule has 3 rings (SSSR count). The third-order valence-corrected chi connectivity index (χ3v) is 3.27. The standard InChI is InChI=1S/C12H11ClN2O/c13-7-11-14-12(15-16-11)10-6-5-8-3-1-2-4-9(8)10/h1-4,10H,5-7H2. The van der Waals surface area contributed by atoms with Crippen LogP contribution >= 0.6 is 11.6 Å². The fraction of sp³-hybridized carbons (Fsp3) is 0.333. The van der Waals surface area contributed by atoms with Gasteiger partial charge >= 0.3 is 0 Å². The number of rotatable bonds is 2. The predicted octanol–water partition coefficient (Wildman–Crippen LogP) is 2.89. The third-order valence-electron chi connectivity index (χ3n) is 3.04. The summed E-state index contributed by atoms with van der Waals surface area (Å²) in [5, 5.41) is 4.00. The Labute approximate surface area is 98.4 Å². The number of halogens is 1. The summed E-state index contributed by atoms with van der Waals surface area (Å²) in [6, 6.07) is 8.43. The number of hydrogen-bond donors (Lipinski definition) is 0. The number of hydrogen-bond acceptors (Lipinski definition) is 3. The molecule has 1 aromatic heterocycles. The van der Waals surface area contributed by atoms with Gasteiger partial charge in [-0.15, -0.1) is 11.6 Å². The van der Waals surface area contributed by atoms with Crippen molar-refractivity contribution in [2.24, 2.45) is 0 Å². The Kier molecular flexibility index (Phi) is 2.40. The molecule has 1 unspecified atom stereocenters. The Balaban J connectivity index is 1.98. The average Bonchev–Trinajstić information content (AvgIpc) is 2.94. The van der Waals surface area contributed by atoms with Gasteiger partial charge in [0, 0.05) is 5.92 Å². The van der Waals surface area contributed by atoms with Crippen molar-refractivity contribution in [2.75, 3.05) is 0 Å². The summed E-state index contributed by atoms with van der Waals surface area (Å²) in [4.78, 5) is 4.30. The van der Waals surface area contributed by atoms with Crippen LogP contribution in [0.4, 0.5) is 0 Å². The van der Waals surface area contributed by atoms with Gasteiger partial charge in [0.25, 0.3) is 0 Å². The van der Waals surface area contributed by atoms with Gasteiger partial charge in [-0.25, -0.2) is 0 Å². The second-order valence-electron chi connectivity index (χ2n) is 3.97. The molecule has 0 N–H and O–H groups in total. The van der Waals surface area contributed by atoms with Gasteiger partial charge in [0.05, 0.1) is 0 Å². The van der Waals surface area contributed by atoms with Gasteiger partial charge in [0.2, 0.25) is 5.89 Å². The van der Waals surface area contributed by atoms with E-state index in [1.165, 1.54) is 11.1 Å². The molecule has 1 aromatic carbocycles. The first-order valence-corrected chi connectivity index (χ1v) is 5.88. The second-order valence-corrected chi connectivity index (χ2v) is 4.24. The Morgan fingerprint density at radius 2 is 2.25 bits per heavy atom. The monoisotopic (exact) mass is 234 g/mol. The minimum Gasteiger partial charge on any atom is -0.338 e. The first-order chi connectivity index (χ1) is 7.88. The SMILES string of the molecule is ClCc1nc(C2CCc3ccccc32)no1. The molecular formula is C12H11ClN2O. The third kappa shape index (κ3) is 1.52. The summed E-state index contributed by atoms with van der Waals surface area (Å²) in [5.41, 5.74) is 2.72. The number of nitrogens with zero attached hydrogens (tertiary/aromatic N) is 2. The number of benzene rings is 1. The maximum atomic E-state index is 5.65. The predicted molar refractivity (Wildman–Crippen MR) is 60.5 cm³/mol. The van der Waals surface area contributed by atoms with E-state index in [-0.39, 0.29) is 11.8 Å². The van der Waals surface area contributed by atoms with Crippen LogP contribution in [0.25, 0.3) is 0 Å². The smallest absolute Gasteiger partial charge is 0.241 e. The van der Waals surface area contributed by atoms with Gasteiger partial charge in [-0.1, -0.05) is 29.4 Å². The van der Waals surface area contributed by atoms with Crippen LogP contribution in [-0.4, -0.2) is 10.1 Å². The van der Waals surface area contributed by atoms with Crippen LogP contribution in [0.15, 0.2) is 28.8 Å². The zero-order valence-corrected chi connectivity index (χ0v) is 9.44. The molecule has 0 saturated carbocycles. The molecule has 0 saturated heterocycles. The zero-order valence-electron chi connectivity index (χ0n) is 8.69. The Hall–Kier alpha value is -1.35. The lowest BCUT2D eigenvalue weighted by molar-refractivity contribution is 0.382. The fourth-order valence-corrected chi connectivity index (χ4v) is 2.40. The highest BCUT2D eigenvalue weighted by Gasteiger charge is 2.27. The summed E-state index contributed by atoms with van der Waals surface area (Å²) in [7, 11) is 0. The summed E-state index contributed by atoms with van der Waals surface area (Å²) >= 11 is 5.65. The molecule has 16 heavy (non-hydrogen) atoms. The van der Waals surface area contributed by atoms with Crippen LogP contribution in [0.5, 0.6) is 0 Å². The lowest BCUT2D eigenvalue weighted by atomic mass is 10.0. The van der Waals surface area contributed by atoms with E-state index >= 15 is 0 Å². The van der Waals surface area contributed by atoms with Crippen molar-refractivity contribution in [3.63, 3.8) is 0 Å². The van der Waals surface area contributed by atoms with Crippen molar-refractivity contribution in [3.8, 4) is 0 Å². The maximum Gasteiger partial charge on any atom is 0.241 e. The van der Waals surface area contributed by atoms with E-state index in [1.54, 1.807) is 0 Å². The summed E-state index contributed by atoms with van der Waals surface area (Å²) in [6.45, 7) is 0. The summed E-state index contributed by atoms with van der Waals surface area (Å²) in [6.07, 6.45) is 2.15. The van der Waals surface area contributed by atoms with E-state index < -0.39 is 0 Å². The van der Waals surface area contributed by atoms with Crippen LogP contribution < -0.4 is 0 Å². The van der Waals surface area contributed by atoms with Crippen molar-refractivity contribution >= 4 is 11.6 Å². The van der Waals surface area contributed by atoms with Crippen LogP contribution in [0.2, 0.25) is 0 Å². The molecule has 0 spiro atoms. The fourth-order valence-electron chi connectivity index (χ4n) is 2.29. The highest BCUT2D eigenvalue weighted by molar-refractivity contribution is 6.16. The number of alkyl halides is 1. The minimum absolute atomic E-state index is 0.275. The van der Waals surface area contributed by atoms with E-state index in [4.69, 9.17) is 16.1 Å². The molecule has 4 heteroatoms. The molecule has 0 amide bonds. The molecule has 0 bridgehead atoms. The highest BCUT2D eigenvalue weighted by Crippen LogP contribution is 2.36. The van der Waals surface area contributed by atoms with Crippen molar-refractivity contribution < 1.29 is 4.52 Å². The molecule has 1 aliphatic rings. The van der Waals surface area contributed by atoms with E-state index in [9.17, 15) is 0 Å². The number of aromatic nitrogens is 2. The van der Waals surface area contributed by atoms with E-state index in [1.807, 2.05) is 0 Å². The lowest BCUT2D eigenvalue weighted by Gasteiger charge is -2.05. The van der Waals surface area contributed by atoms with Gasteiger partial charge in [-0.2, -0.15) is 4.98 Å². The second kappa shape index (κ2) is 3.91. The first-order valence-electron chi connectivity index (χ1n) is 5.34. The van der Waals surface area contributed by atoms with Crippen LogP contribution in [-0.2, 0) is 12.3 Å². The quantitative estimate of drug-likeness (QED) is 0.750. The van der Waals surface area contributed by atoms with Crippen molar-refractivity contribution in [2.45, 2.75) is 24.6 Å². The topological polar surface area (TPSA) is 38.9 Å². The maximum absolute atomic E-state index is 5.65. The van der Waals surface area contributed by atoms with Crippen LogP contribution in [0.3, 0.4) is 0 Å². The molecule has 0 aliphatic heterocycles. The van der Waals surface area contributed by atoms with E-state index in [0.717, 1.165) is 18.7 Å². The van der Waals surface area contributed by atoms with Gasteiger partial charge in [0.15, 0.2) is 5.82 Å². The molecule has 0 fully saturated rings. The average molecular weight is 235 g/mol. The Bertz CT molecular complexity index is 509. The van der Waals surface area contributed by atoms with Gasteiger partial charge in [-0.3, -0.25) is 0 Å². The zero-order chi connectivity index (χ0) is 11.0. The number of aryl methyl sites for hydroxylation is 1.